The van der Waals surface area contributed by atoms with Gasteiger partial charge in [0.15, 0.2) is 0 Å². The number of fused-ring (bicyclic) bond motifs is 3. The summed E-state index contributed by atoms with van der Waals surface area (Å²) < 4.78 is 5.77. The summed E-state index contributed by atoms with van der Waals surface area (Å²) in [5, 5.41) is 2.12. The molecule has 6 heteroatoms. The van der Waals surface area contributed by atoms with Crippen LogP contribution in [0.4, 0.5) is 5.69 Å². The number of carbonyl (C=O) groups excluding carboxylic acids is 1. The number of rotatable bonds is 5. The molecule has 4 rings (SSSR count). The largest absolute Gasteiger partial charge is 0.496 e. The first-order valence-electron chi connectivity index (χ1n) is 11.8. The van der Waals surface area contributed by atoms with Gasteiger partial charge in [-0.05, 0) is 80.7 Å². The van der Waals surface area contributed by atoms with Crippen LogP contribution >= 0.6 is 11.3 Å². The summed E-state index contributed by atoms with van der Waals surface area (Å²) in [6.07, 6.45) is 2.68. The Morgan fingerprint density at radius 3 is 2.58 bits per heavy atom. The average Bonchev–Trinajstić information content (AvgIpc) is 3.36. The van der Waals surface area contributed by atoms with Gasteiger partial charge in [0, 0.05) is 35.9 Å². The summed E-state index contributed by atoms with van der Waals surface area (Å²) in [7, 11) is 5.74. The van der Waals surface area contributed by atoms with Crippen molar-refractivity contribution >= 4 is 22.9 Å². The van der Waals surface area contributed by atoms with Gasteiger partial charge in [-0.3, -0.25) is 4.79 Å². The van der Waals surface area contributed by atoms with Gasteiger partial charge in [0.05, 0.1) is 7.11 Å². The number of likely N-dealkylation sites (N-methyl/N-ethyl adjacent to an activating group) is 2. The number of carbonyl (C=O) groups is 1. The maximum atomic E-state index is 13.8. The highest BCUT2D eigenvalue weighted by molar-refractivity contribution is 7.10. The smallest absolute Gasteiger partial charge is 0.272 e. The SMILES string of the molecule is COc1cc2c(cc1CC(C)C)N1C(=C(C(=O)N(C)C(C)(C)C)N(C)C1c1cccs1)CC2. The Labute approximate surface area is 202 Å². The van der Waals surface area contributed by atoms with E-state index in [1.54, 1.807) is 18.4 Å². The molecule has 2 aliphatic heterocycles. The summed E-state index contributed by atoms with van der Waals surface area (Å²) in [5.41, 5.74) is 5.42. The third kappa shape index (κ3) is 4.14. The molecule has 0 N–H and O–H groups in total. The summed E-state index contributed by atoms with van der Waals surface area (Å²) >= 11 is 1.74. The fourth-order valence-electron chi connectivity index (χ4n) is 4.89. The van der Waals surface area contributed by atoms with Gasteiger partial charge >= 0.3 is 0 Å². The Morgan fingerprint density at radius 1 is 1.27 bits per heavy atom. The maximum Gasteiger partial charge on any atom is 0.272 e. The molecule has 0 bridgehead atoms. The lowest BCUT2D eigenvalue weighted by Gasteiger charge is -2.37. The van der Waals surface area contributed by atoms with Gasteiger partial charge < -0.3 is 19.4 Å². The zero-order valence-corrected chi connectivity index (χ0v) is 22.0. The van der Waals surface area contributed by atoms with Crippen LogP contribution in [0.5, 0.6) is 5.75 Å². The van der Waals surface area contributed by atoms with Gasteiger partial charge in [-0.1, -0.05) is 19.9 Å². The van der Waals surface area contributed by atoms with Crippen molar-refractivity contribution in [2.24, 2.45) is 5.92 Å². The number of ether oxygens (including phenoxy) is 1. The molecule has 178 valence electrons. The second-order valence-corrected chi connectivity index (χ2v) is 11.6. The van der Waals surface area contributed by atoms with Crippen LogP contribution in [0.15, 0.2) is 41.0 Å². The lowest BCUT2D eigenvalue weighted by Crippen LogP contribution is -2.45. The number of hydrogen-bond donors (Lipinski definition) is 0. The first-order chi connectivity index (χ1) is 15.5. The van der Waals surface area contributed by atoms with Crippen LogP contribution in [0.3, 0.4) is 0 Å². The molecule has 1 aromatic carbocycles. The van der Waals surface area contributed by atoms with Crippen molar-refractivity contribution < 1.29 is 9.53 Å². The van der Waals surface area contributed by atoms with E-state index >= 15 is 0 Å². The number of aryl methyl sites for hydroxylation is 1. The van der Waals surface area contributed by atoms with E-state index in [1.165, 1.54) is 21.7 Å². The van der Waals surface area contributed by atoms with E-state index in [9.17, 15) is 4.79 Å². The predicted octanol–water partition coefficient (Wildman–Crippen LogP) is 5.82. The Morgan fingerprint density at radius 2 is 2.00 bits per heavy atom. The molecule has 2 aliphatic rings. The van der Waals surface area contributed by atoms with E-state index in [1.807, 2.05) is 11.9 Å². The zero-order chi connectivity index (χ0) is 24.1. The van der Waals surface area contributed by atoms with Crippen molar-refractivity contribution in [2.45, 2.75) is 65.6 Å². The third-order valence-corrected chi connectivity index (χ3v) is 7.75. The average molecular weight is 468 g/mol. The standard InChI is InChI=1S/C27H37N3O2S/c1-17(2)14-19-15-21-18(16-22(19)32-8)11-12-20-24(26(31)29(7)27(3,4)5)28(6)25(30(20)21)23-10-9-13-33-23/h9-10,13,15-17,25H,11-12,14H2,1-8H3. The number of benzene rings is 1. The fraction of sp³-hybridized carbons (Fsp3) is 0.519. The number of thiophene rings is 1. The molecule has 0 saturated heterocycles. The van der Waals surface area contributed by atoms with Crippen LogP contribution in [-0.2, 0) is 17.6 Å². The predicted molar refractivity (Wildman–Crippen MR) is 137 cm³/mol. The minimum absolute atomic E-state index is 0.0216. The first kappa shape index (κ1) is 23.7. The zero-order valence-electron chi connectivity index (χ0n) is 21.2. The highest BCUT2D eigenvalue weighted by Gasteiger charge is 2.45. The van der Waals surface area contributed by atoms with E-state index in [4.69, 9.17) is 4.74 Å². The normalized spacial score (nSPS) is 18.0. The highest BCUT2D eigenvalue weighted by Crippen LogP contribution is 2.50. The highest BCUT2D eigenvalue weighted by atomic mass is 32.1. The quantitative estimate of drug-likeness (QED) is 0.555. The number of nitrogens with zero attached hydrogens (tertiary/aromatic N) is 3. The summed E-state index contributed by atoms with van der Waals surface area (Å²) in [6, 6.07) is 8.80. The van der Waals surface area contributed by atoms with Crippen molar-refractivity contribution in [1.29, 1.82) is 0 Å². The van der Waals surface area contributed by atoms with Gasteiger partial charge in [0.1, 0.15) is 17.6 Å². The lowest BCUT2D eigenvalue weighted by atomic mass is 9.93. The lowest BCUT2D eigenvalue weighted by molar-refractivity contribution is -0.131. The molecular weight excluding hydrogens is 430 g/mol. The Hall–Kier alpha value is -2.47. The second kappa shape index (κ2) is 8.71. The molecule has 5 nitrogen and oxygen atoms in total. The van der Waals surface area contributed by atoms with Crippen molar-refractivity contribution in [3.05, 3.63) is 57.0 Å². The molecule has 0 spiro atoms. The third-order valence-electron chi connectivity index (χ3n) is 6.84. The van der Waals surface area contributed by atoms with Crippen LogP contribution in [-0.4, -0.2) is 42.5 Å². The van der Waals surface area contributed by atoms with Crippen LogP contribution in [0.2, 0.25) is 0 Å². The van der Waals surface area contributed by atoms with Gasteiger partial charge in [-0.15, -0.1) is 11.3 Å². The molecule has 3 heterocycles. The molecule has 0 aliphatic carbocycles. The molecule has 33 heavy (non-hydrogen) atoms. The van der Waals surface area contributed by atoms with Gasteiger partial charge in [-0.2, -0.15) is 0 Å². The van der Waals surface area contributed by atoms with Crippen molar-refractivity contribution in [2.75, 3.05) is 26.1 Å². The van der Waals surface area contributed by atoms with Crippen LogP contribution in [0.1, 0.15) is 63.2 Å². The van der Waals surface area contributed by atoms with Crippen molar-refractivity contribution in [3.8, 4) is 5.75 Å². The Kier molecular flexibility index (Phi) is 6.25. The van der Waals surface area contributed by atoms with Crippen LogP contribution < -0.4 is 9.64 Å². The molecule has 1 atom stereocenters. The van der Waals surface area contributed by atoms with E-state index < -0.39 is 0 Å². The molecule has 2 aromatic rings. The minimum atomic E-state index is -0.248. The molecular formula is C27H37N3O2S. The monoisotopic (exact) mass is 467 g/mol. The number of methoxy groups -OCH3 is 1. The van der Waals surface area contributed by atoms with E-state index in [-0.39, 0.29) is 17.6 Å². The molecule has 1 amide bonds. The van der Waals surface area contributed by atoms with Gasteiger partial charge in [0.25, 0.3) is 5.91 Å². The molecule has 0 saturated carbocycles. The maximum absolute atomic E-state index is 13.8. The summed E-state index contributed by atoms with van der Waals surface area (Å²) in [4.78, 5) is 21.5. The summed E-state index contributed by atoms with van der Waals surface area (Å²) in [6.45, 7) is 10.7. The van der Waals surface area contributed by atoms with Crippen molar-refractivity contribution in [1.82, 2.24) is 9.80 Å². The number of allylic oxidation sites excluding steroid dienone is 1. The number of amides is 1. The van der Waals surface area contributed by atoms with Gasteiger partial charge in [0.2, 0.25) is 0 Å². The topological polar surface area (TPSA) is 36.0 Å². The fourth-order valence-corrected chi connectivity index (χ4v) is 5.75. The number of hydrogen-bond acceptors (Lipinski definition) is 5. The second-order valence-electron chi connectivity index (χ2n) is 10.6. The Bertz CT molecular complexity index is 1070. The molecule has 0 radical (unpaired) electrons. The van der Waals surface area contributed by atoms with Gasteiger partial charge in [-0.25, -0.2) is 0 Å². The van der Waals surface area contributed by atoms with Crippen LogP contribution in [0, 0.1) is 5.92 Å². The van der Waals surface area contributed by atoms with E-state index in [0.29, 0.717) is 5.92 Å². The molecule has 1 unspecified atom stereocenters. The van der Waals surface area contributed by atoms with E-state index in [0.717, 1.165) is 36.4 Å². The van der Waals surface area contributed by atoms with Crippen LogP contribution in [0.25, 0.3) is 0 Å². The molecule has 1 aromatic heterocycles. The van der Waals surface area contributed by atoms with E-state index in [2.05, 4.69) is 81.1 Å². The Balaban J connectivity index is 1.89. The first-order valence-corrected chi connectivity index (χ1v) is 12.7. The summed E-state index contributed by atoms with van der Waals surface area (Å²) in [5.74, 6) is 1.59. The molecule has 0 fully saturated rings. The minimum Gasteiger partial charge on any atom is -0.496 e. The number of anilines is 1. The van der Waals surface area contributed by atoms with Crippen molar-refractivity contribution in [3.63, 3.8) is 0 Å².